The van der Waals surface area contributed by atoms with Crippen LogP contribution in [0.15, 0.2) is 47.4 Å². The second kappa shape index (κ2) is 9.79. The number of imidazole rings is 1. The maximum absolute atomic E-state index is 13.5. The van der Waals surface area contributed by atoms with E-state index in [2.05, 4.69) is 4.98 Å². The minimum Gasteiger partial charge on any atom is -0.339 e. The summed E-state index contributed by atoms with van der Waals surface area (Å²) in [6.07, 6.45) is 0.687. The second-order valence-electron chi connectivity index (χ2n) is 7.75. The van der Waals surface area contributed by atoms with Crippen LogP contribution in [0.2, 0.25) is 0 Å². The molecule has 172 valence electrons. The van der Waals surface area contributed by atoms with Crippen molar-refractivity contribution in [3.8, 4) is 0 Å². The van der Waals surface area contributed by atoms with Gasteiger partial charge in [0, 0.05) is 46.6 Å². The van der Waals surface area contributed by atoms with Crippen LogP contribution in [0, 0.1) is 5.82 Å². The summed E-state index contributed by atoms with van der Waals surface area (Å²) in [5, 5.41) is 0. The number of aryl methyl sites for hydroxylation is 2. The van der Waals surface area contributed by atoms with E-state index in [9.17, 15) is 17.6 Å². The first-order valence-corrected chi connectivity index (χ1v) is 12.0. The molecule has 0 fully saturated rings. The smallest absolute Gasteiger partial charge is 0.242 e. The number of rotatable bonds is 9. The molecule has 0 aliphatic carbocycles. The third kappa shape index (κ3) is 4.99. The Morgan fingerprint density at radius 3 is 2.50 bits per heavy atom. The molecule has 0 saturated carbocycles. The lowest BCUT2D eigenvalue weighted by Gasteiger charge is -2.21. The van der Waals surface area contributed by atoms with Crippen LogP contribution >= 0.6 is 0 Å². The molecule has 1 aromatic heterocycles. The monoisotopic (exact) mass is 460 g/mol. The topological polar surface area (TPSA) is 75.5 Å². The molecule has 0 radical (unpaired) electrons. The molecule has 3 rings (SSSR count). The van der Waals surface area contributed by atoms with Crippen LogP contribution in [-0.2, 0) is 34.3 Å². The van der Waals surface area contributed by atoms with Gasteiger partial charge in [0.1, 0.15) is 11.6 Å². The number of nitrogens with zero attached hydrogens (tertiary/aromatic N) is 4. The minimum atomic E-state index is -3.56. The van der Waals surface area contributed by atoms with Crippen molar-refractivity contribution in [3.05, 3.63) is 59.7 Å². The summed E-state index contributed by atoms with van der Waals surface area (Å²) in [5.41, 5.74) is 2.17. The highest BCUT2D eigenvalue weighted by Crippen LogP contribution is 2.23. The van der Waals surface area contributed by atoms with E-state index < -0.39 is 10.0 Å². The molecule has 0 unspecified atom stereocenters. The van der Waals surface area contributed by atoms with Gasteiger partial charge in [-0.1, -0.05) is 12.1 Å². The van der Waals surface area contributed by atoms with Gasteiger partial charge < -0.3 is 9.47 Å². The van der Waals surface area contributed by atoms with Gasteiger partial charge in [0.05, 0.1) is 15.9 Å². The van der Waals surface area contributed by atoms with Gasteiger partial charge in [0.25, 0.3) is 0 Å². The average molecular weight is 461 g/mol. The Labute approximate surface area is 188 Å². The van der Waals surface area contributed by atoms with Crippen LogP contribution in [0.4, 0.5) is 4.39 Å². The van der Waals surface area contributed by atoms with Crippen LogP contribution in [0.25, 0.3) is 11.0 Å². The normalized spacial score (nSPS) is 11.9. The first-order chi connectivity index (χ1) is 15.2. The maximum Gasteiger partial charge on any atom is 0.242 e. The molecule has 0 bridgehead atoms. The fourth-order valence-electron chi connectivity index (χ4n) is 3.68. The average Bonchev–Trinajstić information content (AvgIpc) is 3.12. The van der Waals surface area contributed by atoms with Gasteiger partial charge in [-0.05, 0) is 49.7 Å². The zero-order valence-electron chi connectivity index (χ0n) is 18.9. The molecule has 32 heavy (non-hydrogen) atoms. The first kappa shape index (κ1) is 23.9. The predicted octanol–water partition coefficient (Wildman–Crippen LogP) is 3.43. The van der Waals surface area contributed by atoms with Crippen LogP contribution < -0.4 is 0 Å². The summed E-state index contributed by atoms with van der Waals surface area (Å²) in [7, 11) is -0.574. The third-order valence-electron chi connectivity index (χ3n) is 5.45. The largest absolute Gasteiger partial charge is 0.339 e. The standard InChI is InChI=1S/C23H29FN4O3S/c1-5-27(16-17-8-7-9-18(24)14-17)23(29)13-12-22-25-20-15-19(32(30,31)26(3)4)10-11-21(20)28(22)6-2/h7-11,14-15H,5-6,12-13,16H2,1-4H3. The first-order valence-electron chi connectivity index (χ1n) is 10.6. The molecule has 0 N–H and O–H groups in total. The Hall–Kier alpha value is -2.78. The second-order valence-corrected chi connectivity index (χ2v) is 9.90. The number of carbonyl (C=O) groups is 1. The van der Waals surface area contributed by atoms with Crippen molar-refractivity contribution >= 4 is 27.0 Å². The molecule has 1 amide bonds. The predicted molar refractivity (Wildman–Crippen MR) is 122 cm³/mol. The zero-order chi connectivity index (χ0) is 23.5. The van der Waals surface area contributed by atoms with Gasteiger partial charge in [0.2, 0.25) is 15.9 Å². The van der Waals surface area contributed by atoms with Crippen molar-refractivity contribution in [2.75, 3.05) is 20.6 Å². The molecule has 0 aliphatic heterocycles. The summed E-state index contributed by atoms with van der Waals surface area (Å²) < 4.78 is 41.5. The van der Waals surface area contributed by atoms with E-state index in [0.717, 1.165) is 16.9 Å². The van der Waals surface area contributed by atoms with Crippen LogP contribution in [0.3, 0.4) is 0 Å². The number of hydrogen-bond acceptors (Lipinski definition) is 4. The Bertz CT molecular complexity index is 1220. The highest BCUT2D eigenvalue weighted by atomic mass is 32.2. The van der Waals surface area contributed by atoms with Crippen LogP contribution in [-0.4, -0.2) is 53.7 Å². The van der Waals surface area contributed by atoms with E-state index in [1.54, 1.807) is 35.2 Å². The van der Waals surface area contributed by atoms with Gasteiger partial charge in [-0.3, -0.25) is 4.79 Å². The molecule has 0 atom stereocenters. The Morgan fingerprint density at radius 2 is 1.88 bits per heavy atom. The van der Waals surface area contributed by atoms with Crippen LogP contribution in [0.1, 0.15) is 31.7 Å². The van der Waals surface area contributed by atoms with Crippen molar-refractivity contribution in [3.63, 3.8) is 0 Å². The van der Waals surface area contributed by atoms with Gasteiger partial charge in [-0.25, -0.2) is 22.1 Å². The Kier molecular flexibility index (Phi) is 7.30. The molecule has 1 heterocycles. The SMILES string of the molecule is CCN(Cc1cccc(F)c1)C(=O)CCc1nc2cc(S(=O)(=O)N(C)C)ccc2n1CC. The number of hydrogen-bond donors (Lipinski definition) is 0. The summed E-state index contributed by atoms with van der Waals surface area (Å²) >= 11 is 0. The highest BCUT2D eigenvalue weighted by Gasteiger charge is 2.20. The maximum atomic E-state index is 13.5. The molecule has 9 heteroatoms. The lowest BCUT2D eigenvalue weighted by molar-refractivity contribution is -0.131. The molecule has 0 spiro atoms. The van der Waals surface area contributed by atoms with Crippen molar-refractivity contribution in [2.24, 2.45) is 0 Å². The summed E-state index contributed by atoms with van der Waals surface area (Å²) in [5.74, 6) is 0.373. The summed E-state index contributed by atoms with van der Waals surface area (Å²) in [6.45, 7) is 5.40. The number of fused-ring (bicyclic) bond motifs is 1. The zero-order valence-corrected chi connectivity index (χ0v) is 19.7. The molecule has 0 saturated heterocycles. The van der Waals surface area contributed by atoms with Gasteiger partial charge in [0.15, 0.2) is 0 Å². The number of aromatic nitrogens is 2. The summed E-state index contributed by atoms with van der Waals surface area (Å²) in [4.78, 5) is 19.3. The third-order valence-corrected chi connectivity index (χ3v) is 7.26. The van der Waals surface area contributed by atoms with Crippen molar-refractivity contribution < 1.29 is 17.6 Å². The highest BCUT2D eigenvalue weighted by molar-refractivity contribution is 7.89. The van der Waals surface area contributed by atoms with E-state index in [4.69, 9.17) is 0 Å². The number of carbonyl (C=O) groups excluding carboxylic acids is 1. The molecule has 0 aliphatic rings. The van der Waals surface area contributed by atoms with Crippen molar-refractivity contribution in [2.45, 2.75) is 44.7 Å². The van der Waals surface area contributed by atoms with E-state index in [0.29, 0.717) is 31.6 Å². The molecule has 7 nitrogen and oxygen atoms in total. The Balaban J connectivity index is 1.79. The van der Waals surface area contributed by atoms with Crippen LogP contribution in [0.5, 0.6) is 0 Å². The molecular weight excluding hydrogens is 431 g/mol. The lowest BCUT2D eigenvalue weighted by atomic mass is 10.2. The van der Waals surface area contributed by atoms with E-state index in [1.807, 2.05) is 18.4 Å². The van der Waals surface area contributed by atoms with Gasteiger partial charge in [-0.2, -0.15) is 0 Å². The van der Waals surface area contributed by atoms with Gasteiger partial charge >= 0.3 is 0 Å². The van der Waals surface area contributed by atoms with E-state index >= 15 is 0 Å². The van der Waals surface area contributed by atoms with E-state index in [1.165, 1.54) is 30.5 Å². The molecule has 2 aromatic carbocycles. The van der Waals surface area contributed by atoms with Gasteiger partial charge in [-0.15, -0.1) is 0 Å². The van der Waals surface area contributed by atoms with Crippen molar-refractivity contribution in [1.82, 2.24) is 18.8 Å². The minimum absolute atomic E-state index is 0.0395. The number of halogens is 1. The fourth-order valence-corrected chi connectivity index (χ4v) is 4.61. The number of amides is 1. The lowest BCUT2D eigenvalue weighted by Crippen LogP contribution is -2.30. The number of benzene rings is 2. The molecule has 3 aromatic rings. The number of sulfonamides is 1. The quantitative estimate of drug-likeness (QED) is 0.490. The van der Waals surface area contributed by atoms with E-state index in [-0.39, 0.29) is 23.0 Å². The van der Waals surface area contributed by atoms with Crippen molar-refractivity contribution in [1.29, 1.82) is 0 Å². The Morgan fingerprint density at radius 1 is 1.12 bits per heavy atom. The summed E-state index contributed by atoms with van der Waals surface area (Å²) in [6, 6.07) is 11.2. The molecular formula is C23H29FN4O3S. The fraction of sp³-hybridized carbons (Fsp3) is 0.391.